The summed E-state index contributed by atoms with van der Waals surface area (Å²) in [5.41, 5.74) is 3.60. The van der Waals surface area contributed by atoms with Crippen molar-refractivity contribution in [2.45, 2.75) is 31.9 Å². The third-order valence-corrected chi connectivity index (χ3v) is 6.41. The number of urea groups is 1. The van der Waals surface area contributed by atoms with Gasteiger partial charge in [0.1, 0.15) is 11.9 Å². The molecule has 0 aromatic carbocycles. The maximum atomic E-state index is 13.5. The van der Waals surface area contributed by atoms with Gasteiger partial charge in [-0.15, -0.1) is 0 Å². The van der Waals surface area contributed by atoms with Crippen molar-refractivity contribution in [2.24, 2.45) is 0 Å². The van der Waals surface area contributed by atoms with Crippen molar-refractivity contribution in [2.75, 3.05) is 41.4 Å². The van der Waals surface area contributed by atoms with E-state index < -0.39 is 0 Å². The number of nitrogens with zero attached hydrogens (tertiary/aromatic N) is 6. The molecule has 2 bridgehead atoms. The molecule has 2 saturated heterocycles. The SMILES string of the molecule is Cc1ccc(-c2ccc3c(n2)N(C(=O)Nc2ccnc(O[C@H]4CCOC4)n2)[C@H]2CCN3C2)cn1. The summed E-state index contributed by atoms with van der Waals surface area (Å²) in [6.45, 7) is 4.82. The highest BCUT2D eigenvalue weighted by Crippen LogP contribution is 2.40. The fourth-order valence-corrected chi connectivity index (χ4v) is 4.64. The van der Waals surface area contributed by atoms with Crippen LogP contribution in [0.25, 0.3) is 11.3 Å². The highest BCUT2D eigenvalue weighted by atomic mass is 16.6. The Balaban J connectivity index is 1.27. The van der Waals surface area contributed by atoms with Gasteiger partial charge >= 0.3 is 12.0 Å². The summed E-state index contributed by atoms with van der Waals surface area (Å²) in [5.74, 6) is 1.03. The first kappa shape index (κ1) is 20.8. The van der Waals surface area contributed by atoms with Crippen LogP contribution in [-0.4, -0.2) is 64.4 Å². The van der Waals surface area contributed by atoms with E-state index >= 15 is 0 Å². The molecule has 3 aliphatic rings. The van der Waals surface area contributed by atoms with Crippen molar-refractivity contribution in [3.8, 4) is 17.3 Å². The number of pyridine rings is 2. The molecule has 2 amide bonds. The fourth-order valence-electron chi connectivity index (χ4n) is 4.64. The summed E-state index contributed by atoms with van der Waals surface area (Å²) in [4.78, 5) is 35.4. The number of ether oxygens (including phenoxy) is 2. The molecule has 0 saturated carbocycles. The second kappa shape index (κ2) is 8.53. The second-order valence-electron chi connectivity index (χ2n) is 8.74. The third kappa shape index (κ3) is 3.90. The zero-order valence-corrected chi connectivity index (χ0v) is 18.8. The smallest absolute Gasteiger partial charge is 0.329 e. The molecule has 2 fully saturated rings. The molecule has 0 spiro atoms. The number of hydrogen-bond acceptors (Lipinski definition) is 8. The summed E-state index contributed by atoms with van der Waals surface area (Å²) in [6, 6.07) is 9.64. The number of aryl methyl sites for hydroxylation is 1. The van der Waals surface area contributed by atoms with Crippen LogP contribution in [0, 0.1) is 6.92 Å². The first-order valence-electron chi connectivity index (χ1n) is 11.5. The van der Waals surface area contributed by atoms with E-state index in [1.165, 1.54) is 0 Å². The normalized spacial score (nSPS) is 20.9. The number of aromatic nitrogens is 4. The Morgan fingerprint density at radius 2 is 2.09 bits per heavy atom. The van der Waals surface area contributed by atoms with E-state index in [0.717, 1.165) is 48.6 Å². The van der Waals surface area contributed by atoms with E-state index in [9.17, 15) is 4.79 Å². The summed E-state index contributed by atoms with van der Waals surface area (Å²) in [7, 11) is 0. The van der Waals surface area contributed by atoms with E-state index in [1.807, 2.05) is 37.4 Å². The lowest BCUT2D eigenvalue weighted by Crippen LogP contribution is -2.48. The predicted molar refractivity (Wildman–Crippen MR) is 126 cm³/mol. The van der Waals surface area contributed by atoms with Gasteiger partial charge in [0.25, 0.3) is 0 Å². The standard InChI is InChI=1S/C24H25N7O3/c1-15-2-3-16(12-26-15)19-4-5-20-22(27-19)31(17-7-10-30(20)13-17)24(32)29-21-6-9-25-23(28-21)34-18-8-11-33-14-18/h2-6,9,12,17-18H,7-8,10-11,13-14H2,1H3,(H,25,28,29,32)/t17-,18-/m0/s1. The van der Waals surface area contributed by atoms with Gasteiger partial charge in [-0.05, 0) is 43.7 Å². The molecule has 34 heavy (non-hydrogen) atoms. The number of anilines is 3. The first-order valence-corrected chi connectivity index (χ1v) is 11.5. The van der Waals surface area contributed by atoms with Crippen LogP contribution in [-0.2, 0) is 4.74 Å². The lowest BCUT2D eigenvalue weighted by Gasteiger charge is -2.35. The van der Waals surface area contributed by atoms with Crippen LogP contribution in [0.4, 0.5) is 22.1 Å². The van der Waals surface area contributed by atoms with Gasteiger partial charge in [-0.1, -0.05) is 0 Å². The van der Waals surface area contributed by atoms with E-state index in [-0.39, 0.29) is 24.2 Å². The zero-order chi connectivity index (χ0) is 23.1. The van der Waals surface area contributed by atoms with Gasteiger partial charge in [0.2, 0.25) is 0 Å². The molecular formula is C24H25N7O3. The van der Waals surface area contributed by atoms with Crippen molar-refractivity contribution in [3.63, 3.8) is 0 Å². The Hall–Kier alpha value is -3.79. The molecule has 174 valence electrons. The Bertz CT molecular complexity index is 1210. The van der Waals surface area contributed by atoms with Crippen molar-refractivity contribution < 1.29 is 14.3 Å². The van der Waals surface area contributed by atoms with Crippen molar-refractivity contribution in [3.05, 3.63) is 48.4 Å². The van der Waals surface area contributed by atoms with Crippen LogP contribution in [0.5, 0.6) is 6.01 Å². The summed E-state index contributed by atoms with van der Waals surface area (Å²) in [6.07, 6.45) is 5.00. The monoisotopic (exact) mass is 459 g/mol. The van der Waals surface area contributed by atoms with Crippen LogP contribution in [0.15, 0.2) is 42.7 Å². The predicted octanol–water partition coefficient (Wildman–Crippen LogP) is 3.04. The van der Waals surface area contributed by atoms with Crippen LogP contribution < -0.4 is 19.9 Å². The van der Waals surface area contributed by atoms with Gasteiger partial charge in [-0.25, -0.2) is 14.8 Å². The molecule has 0 unspecified atom stereocenters. The molecule has 6 heterocycles. The molecule has 1 N–H and O–H groups in total. The average Bonchev–Trinajstić information content (AvgIpc) is 3.50. The van der Waals surface area contributed by atoms with E-state index in [2.05, 4.69) is 25.2 Å². The molecule has 3 aromatic rings. The van der Waals surface area contributed by atoms with Gasteiger partial charge in [-0.3, -0.25) is 15.2 Å². The Labute approximate surface area is 197 Å². The van der Waals surface area contributed by atoms with Crippen LogP contribution in [0.1, 0.15) is 18.5 Å². The highest BCUT2D eigenvalue weighted by Gasteiger charge is 2.40. The average molecular weight is 460 g/mol. The van der Waals surface area contributed by atoms with Crippen LogP contribution in [0.3, 0.4) is 0 Å². The maximum Gasteiger partial charge on any atom is 0.329 e. The van der Waals surface area contributed by atoms with Gasteiger partial charge in [0.05, 0.1) is 30.6 Å². The van der Waals surface area contributed by atoms with E-state index in [4.69, 9.17) is 14.5 Å². The van der Waals surface area contributed by atoms with Crippen LogP contribution >= 0.6 is 0 Å². The lowest BCUT2D eigenvalue weighted by atomic mass is 10.1. The molecule has 10 heteroatoms. The molecule has 6 rings (SSSR count). The minimum atomic E-state index is -0.270. The number of carbonyl (C=O) groups excluding carboxylic acids is 1. The fraction of sp³-hybridized carbons (Fsp3) is 0.375. The molecule has 3 aliphatic heterocycles. The van der Waals surface area contributed by atoms with Gasteiger partial charge in [0, 0.05) is 43.2 Å². The molecule has 3 aromatic heterocycles. The first-order chi connectivity index (χ1) is 16.6. The van der Waals surface area contributed by atoms with Gasteiger partial charge < -0.3 is 14.4 Å². The maximum absolute atomic E-state index is 13.5. The number of amides is 2. The number of hydrogen-bond donors (Lipinski definition) is 1. The van der Waals surface area contributed by atoms with Crippen LogP contribution in [0.2, 0.25) is 0 Å². The quantitative estimate of drug-likeness (QED) is 0.635. The molecule has 2 atom stereocenters. The van der Waals surface area contributed by atoms with Crippen molar-refractivity contribution >= 4 is 23.4 Å². The lowest BCUT2D eigenvalue weighted by molar-refractivity contribution is 0.134. The molecular weight excluding hydrogens is 434 g/mol. The van der Waals surface area contributed by atoms with Crippen molar-refractivity contribution in [1.29, 1.82) is 0 Å². The van der Waals surface area contributed by atoms with E-state index in [0.29, 0.717) is 24.8 Å². The van der Waals surface area contributed by atoms with E-state index in [1.54, 1.807) is 17.2 Å². The molecule has 0 radical (unpaired) electrons. The Morgan fingerprint density at radius 3 is 2.91 bits per heavy atom. The summed E-state index contributed by atoms with van der Waals surface area (Å²) >= 11 is 0. The third-order valence-electron chi connectivity index (χ3n) is 6.41. The number of rotatable bonds is 4. The van der Waals surface area contributed by atoms with Gasteiger partial charge in [-0.2, -0.15) is 4.98 Å². The van der Waals surface area contributed by atoms with Crippen molar-refractivity contribution in [1.82, 2.24) is 19.9 Å². The number of nitrogens with one attached hydrogen (secondary N) is 1. The largest absolute Gasteiger partial charge is 0.458 e. The highest BCUT2D eigenvalue weighted by molar-refractivity contribution is 6.04. The topological polar surface area (TPSA) is 106 Å². The summed E-state index contributed by atoms with van der Waals surface area (Å²) < 4.78 is 11.1. The number of fused-ring (bicyclic) bond motifs is 4. The number of carbonyl (C=O) groups is 1. The minimum absolute atomic E-state index is 0.0413. The zero-order valence-electron chi connectivity index (χ0n) is 18.8. The summed E-state index contributed by atoms with van der Waals surface area (Å²) in [5, 5.41) is 2.92. The second-order valence-corrected chi connectivity index (χ2v) is 8.74. The Morgan fingerprint density at radius 1 is 1.15 bits per heavy atom. The molecule has 0 aliphatic carbocycles. The minimum Gasteiger partial charge on any atom is -0.458 e. The molecule has 10 nitrogen and oxygen atoms in total. The van der Waals surface area contributed by atoms with Gasteiger partial charge in [0.15, 0.2) is 5.82 Å². The Kier molecular flexibility index (Phi) is 5.21.